The molecule has 1 rings (SSSR count). The molecule has 0 aromatic heterocycles. The van der Waals surface area contributed by atoms with Crippen LogP contribution < -0.4 is 5.32 Å². The largest absolute Gasteiger partial charge is 0.480 e. The van der Waals surface area contributed by atoms with E-state index >= 15 is 0 Å². The van der Waals surface area contributed by atoms with Crippen molar-refractivity contribution in [2.75, 3.05) is 26.8 Å². The number of rotatable bonds is 7. The van der Waals surface area contributed by atoms with Crippen LogP contribution in [0.4, 0.5) is 9.18 Å². The van der Waals surface area contributed by atoms with Crippen molar-refractivity contribution in [2.45, 2.75) is 6.54 Å². The SMILES string of the molecule is CN(Cc1cccc(F)c1)C(=O)NCCOCC(=O)O. The molecule has 0 aliphatic rings. The van der Waals surface area contributed by atoms with E-state index in [-0.39, 0.29) is 31.5 Å². The van der Waals surface area contributed by atoms with Crippen molar-refractivity contribution in [2.24, 2.45) is 0 Å². The van der Waals surface area contributed by atoms with Gasteiger partial charge in [-0.25, -0.2) is 14.0 Å². The molecule has 0 saturated heterocycles. The van der Waals surface area contributed by atoms with Crippen molar-refractivity contribution in [3.63, 3.8) is 0 Å². The smallest absolute Gasteiger partial charge is 0.329 e. The first kappa shape index (κ1) is 15.9. The third-order valence-electron chi connectivity index (χ3n) is 2.40. The Kier molecular flexibility index (Phi) is 6.45. The zero-order valence-electron chi connectivity index (χ0n) is 11.1. The lowest BCUT2D eigenvalue weighted by Crippen LogP contribution is -2.38. The average molecular weight is 284 g/mol. The minimum absolute atomic E-state index is 0.117. The summed E-state index contributed by atoms with van der Waals surface area (Å²) in [4.78, 5) is 23.3. The summed E-state index contributed by atoms with van der Waals surface area (Å²) in [6, 6.07) is 5.66. The Balaban J connectivity index is 2.27. The summed E-state index contributed by atoms with van der Waals surface area (Å²) < 4.78 is 17.8. The van der Waals surface area contributed by atoms with Gasteiger partial charge in [-0.3, -0.25) is 0 Å². The third kappa shape index (κ3) is 6.14. The van der Waals surface area contributed by atoms with Crippen LogP contribution >= 0.6 is 0 Å². The van der Waals surface area contributed by atoms with Gasteiger partial charge >= 0.3 is 12.0 Å². The number of amides is 2. The fourth-order valence-electron chi connectivity index (χ4n) is 1.51. The molecule has 0 fully saturated rings. The maximum Gasteiger partial charge on any atom is 0.329 e. The van der Waals surface area contributed by atoms with Crippen molar-refractivity contribution in [3.8, 4) is 0 Å². The lowest BCUT2D eigenvalue weighted by molar-refractivity contribution is -0.142. The quantitative estimate of drug-likeness (QED) is 0.734. The van der Waals surface area contributed by atoms with E-state index in [9.17, 15) is 14.0 Å². The number of carbonyl (C=O) groups is 2. The number of carboxylic acid groups (broad SMARTS) is 1. The molecule has 1 aromatic rings. The predicted molar refractivity (Wildman–Crippen MR) is 69.7 cm³/mol. The molecule has 0 heterocycles. The van der Waals surface area contributed by atoms with Crippen LogP contribution in [0.5, 0.6) is 0 Å². The van der Waals surface area contributed by atoms with Gasteiger partial charge < -0.3 is 20.1 Å². The zero-order valence-corrected chi connectivity index (χ0v) is 11.1. The summed E-state index contributed by atoms with van der Waals surface area (Å²) in [7, 11) is 1.58. The van der Waals surface area contributed by atoms with E-state index < -0.39 is 12.6 Å². The molecule has 0 radical (unpaired) electrons. The molecule has 6 nitrogen and oxygen atoms in total. The van der Waals surface area contributed by atoms with Gasteiger partial charge in [0, 0.05) is 20.1 Å². The molecule has 20 heavy (non-hydrogen) atoms. The molecule has 0 aliphatic carbocycles. The lowest BCUT2D eigenvalue weighted by Gasteiger charge is -2.18. The number of carbonyl (C=O) groups excluding carboxylic acids is 1. The van der Waals surface area contributed by atoms with Crippen molar-refractivity contribution in [1.82, 2.24) is 10.2 Å². The molecular weight excluding hydrogens is 267 g/mol. The second-order valence-corrected chi connectivity index (χ2v) is 4.16. The lowest BCUT2D eigenvalue weighted by atomic mass is 10.2. The number of nitrogens with zero attached hydrogens (tertiary/aromatic N) is 1. The number of hydrogen-bond acceptors (Lipinski definition) is 3. The normalized spacial score (nSPS) is 10.1. The van der Waals surface area contributed by atoms with Gasteiger partial charge in [0.25, 0.3) is 0 Å². The van der Waals surface area contributed by atoms with E-state index in [1.165, 1.54) is 17.0 Å². The molecule has 0 atom stereocenters. The topological polar surface area (TPSA) is 78.9 Å². The predicted octanol–water partition coefficient (Wildman–Crippen LogP) is 1.07. The maximum atomic E-state index is 13.0. The second-order valence-electron chi connectivity index (χ2n) is 4.16. The summed E-state index contributed by atoms with van der Waals surface area (Å²) in [5.41, 5.74) is 0.685. The van der Waals surface area contributed by atoms with Crippen LogP contribution in [0.25, 0.3) is 0 Å². The first-order valence-corrected chi connectivity index (χ1v) is 6.02. The third-order valence-corrected chi connectivity index (χ3v) is 2.40. The number of halogens is 1. The second kappa shape index (κ2) is 8.11. The summed E-state index contributed by atoms with van der Waals surface area (Å²) in [6.07, 6.45) is 0. The monoisotopic (exact) mass is 284 g/mol. The van der Waals surface area contributed by atoms with Crippen LogP contribution in [0.1, 0.15) is 5.56 Å². The van der Waals surface area contributed by atoms with Crippen LogP contribution in [-0.2, 0) is 16.1 Å². The zero-order chi connectivity index (χ0) is 15.0. The summed E-state index contributed by atoms with van der Waals surface area (Å²) in [5, 5.41) is 10.9. The van der Waals surface area contributed by atoms with Crippen molar-refractivity contribution in [1.29, 1.82) is 0 Å². The van der Waals surface area contributed by atoms with Crippen LogP contribution in [-0.4, -0.2) is 48.8 Å². The molecule has 2 amide bonds. The Morgan fingerprint density at radius 2 is 2.20 bits per heavy atom. The standard InChI is InChI=1S/C13H17FN2O4/c1-16(8-10-3-2-4-11(14)7-10)13(19)15-5-6-20-9-12(17)18/h2-4,7H,5-6,8-9H2,1H3,(H,15,19)(H,17,18). The van der Waals surface area contributed by atoms with Crippen LogP contribution in [0, 0.1) is 5.82 Å². The van der Waals surface area contributed by atoms with Gasteiger partial charge in [-0.05, 0) is 17.7 Å². The van der Waals surface area contributed by atoms with E-state index in [0.717, 1.165) is 0 Å². The van der Waals surface area contributed by atoms with Gasteiger partial charge in [-0.1, -0.05) is 12.1 Å². The number of benzene rings is 1. The highest BCUT2D eigenvalue weighted by Gasteiger charge is 2.08. The maximum absolute atomic E-state index is 13.0. The van der Waals surface area contributed by atoms with E-state index in [1.54, 1.807) is 19.2 Å². The fraction of sp³-hybridized carbons (Fsp3) is 0.385. The Bertz CT molecular complexity index is 467. The molecule has 0 unspecified atom stereocenters. The minimum atomic E-state index is -1.06. The van der Waals surface area contributed by atoms with Gasteiger partial charge in [0.05, 0.1) is 6.61 Å². The van der Waals surface area contributed by atoms with Crippen molar-refractivity contribution in [3.05, 3.63) is 35.6 Å². The van der Waals surface area contributed by atoms with Gasteiger partial charge in [-0.2, -0.15) is 0 Å². The first-order valence-electron chi connectivity index (χ1n) is 6.02. The molecule has 2 N–H and O–H groups in total. The highest BCUT2D eigenvalue weighted by Crippen LogP contribution is 2.06. The Morgan fingerprint density at radius 1 is 1.45 bits per heavy atom. The molecule has 110 valence electrons. The fourth-order valence-corrected chi connectivity index (χ4v) is 1.51. The highest BCUT2D eigenvalue weighted by atomic mass is 19.1. The number of urea groups is 1. The minimum Gasteiger partial charge on any atom is -0.480 e. The molecule has 0 saturated carbocycles. The van der Waals surface area contributed by atoms with Crippen LogP contribution in [0.3, 0.4) is 0 Å². The van der Waals surface area contributed by atoms with Gasteiger partial charge in [0.1, 0.15) is 12.4 Å². The highest BCUT2D eigenvalue weighted by molar-refractivity contribution is 5.73. The van der Waals surface area contributed by atoms with Crippen molar-refractivity contribution >= 4 is 12.0 Å². The number of ether oxygens (including phenoxy) is 1. The molecular formula is C13H17FN2O4. The molecule has 1 aromatic carbocycles. The first-order chi connectivity index (χ1) is 9.49. The van der Waals surface area contributed by atoms with Crippen LogP contribution in [0.15, 0.2) is 24.3 Å². The Labute approximate surface area is 116 Å². The van der Waals surface area contributed by atoms with Crippen LogP contribution in [0.2, 0.25) is 0 Å². The summed E-state index contributed by atoms with van der Waals surface area (Å²) in [6.45, 7) is 0.208. The Hall–Kier alpha value is -2.15. The van der Waals surface area contributed by atoms with E-state index in [0.29, 0.717) is 5.56 Å². The Morgan fingerprint density at radius 3 is 2.85 bits per heavy atom. The number of hydrogen-bond donors (Lipinski definition) is 2. The number of nitrogens with one attached hydrogen (secondary N) is 1. The number of carboxylic acids is 1. The number of aliphatic carboxylic acids is 1. The van der Waals surface area contributed by atoms with Gasteiger partial charge in [0.2, 0.25) is 0 Å². The van der Waals surface area contributed by atoms with Crippen molar-refractivity contribution < 1.29 is 23.8 Å². The van der Waals surface area contributed by atoms with E-state index in [2.05, 4.69) is 5.32 Å². The van der Waals surface area contributed by atoms with Gasteiger partial charge in [0.15, 0.2) is 0 Å². The molecule has 0 bridgehead atoms. The van der Waals surface area contributed by atoms with E-state index in [1.807, 2.05) is 0 Å². The summed E-state index contributed by atoms with van der Waals surface area (Å²) >= 11 is 0. The van der Waals surface area contributed by atoms with Gasteiger partial charge in [-0.15, -0.1) is 0 Å². The molecule has 0 spiro atoms. The summed E-state index contributed by atoms with van der Waals surface area (Å²) in [5.74, 6) is -1.40. The average Bonchev–Trinajstić information content (AvgIpc) is 2.37. The molecule has 0 aliphatic heterocycles. The van der Waals surface area contributed by atoms with E-state index in [4.69, 9.17) is 9.84 Å². The molecule has 7 heteroatoms.